The molecule has 1 aliphatic heterocycles. The fourth-order valence-electron chi connectivity index (χ4n) is 2.10. The second kappa shape index (κ2) is 6.40. The molecule has 1 fully saturated rings. The maximum Gasteiger partial charge on any atom is 0.371 e. The van der Waals surface area contributed by atoms with E-state index in [0.717, 1.165) is 0 Å². The van der Waals surface area contributed by atoms with E-state index in [1.54, 1.807) is 4.90 Å². The molecule has 1 aromatic rings. The smallest absolute Gasteiger partial charge is 0.371 e. The Morgan fingerprint density at radius 3 is 2.24 bits per heavy atom. The lowest BCUT2D eigenvalue weighted by molar-refractivity contribution is -0.136. The number of piperazine rings is 1. The van der Waals surface area contributed by atoms with Gasteiger partial charge in [-0.25, -0.2) is 4.79 Å². The average molecular weight is 296 g/mol. The zero-order valence-corrected chi connectivity index (χ0v) is 11.6. The number of hydrogen-bond acceptors (Lipinski definition) is 5. The minimum Gasteiger partial charge on any atom is -0.475 e. The molecule has 8 heteroatoms. The highest BCUT2D eigenvalue weighted by Gasteiger charge is 2.26. The highest BCUT2D eigenvalue weighted by Crippen LogP contribution is 2.13. The summed E-state index contributed by atoms with van der Waals surface area (Å²) in [5.41, 5.74) is 0. The summed E-state index contributed by atoms with van der Waals surface area (Å²) < 4.78 is 9.76. The van der Waals surface area contributed by atoms with Gasteiger partial charge in [0.2, 0.25) is 11.7 Å². The largest absolute Gasteiger partial charge is 0.475 e. The summed E-state index contributed by atoms with van der Waals surface area (Å²) in [6.07, 6.45) is 0. The lowest BCUT2D eigenvalue weighted by Crippen LogP contribution is -2.51. The summed E-state index contributed by atoms with van der Waals surface area (Å²) in [4.78, 5) is 37.7. The van der Waals surface area contributed by atoms with Crippen LogP contribution >= 0.6 is 0 Å². The van der Waals surface area contributed by atoms with Crippen molar-refractivity contribution in [2.75, 3.05) is 39.9 Å². The van der Waals surface area contributed by atoms with Gasteiger partial charge in [-0.2, -0.15) is 0 Å². The van der Waals surface area contributed by atoms with E-state index in [1.807, 2.05) is 0 Å². The van der Waals surface area contributed by atoms with Crippen molar-refractivity contribution in [1.82, 2.24) is 9.80 Å². The molecule has 1 N–H and O–H groups in total. The van der Waals surface area contributed by atoms with Gasteiger partial charge in [0.05, 0.1) is 0 Å². The standard InChI is InChI=1S/C13H16N2O6/c1-20-8-11(16)14-4-6-15(7-5-14)12(17)9-2-3-10(21-9)13(18)19/h2-3H,4-8H2,1H3,(H,18,19). The molecule has 1 aliphatic rings. The van der Waals surface area contributed by atoms with Crippen LogP contribution in [-0.4, -0.2) is 72.6 Å². The molecule has 0 aliphatic carbocycles. The molecule has 114 valence electrons. The first-order valence-electron chi connectivity index (χ1n) is 6.42. The molecule has 0 unspecified atom stereocenters. The van der Waals surface area contributed by atoms with E-state index in [4.69, 9.17) is 14.3 Å². The first kappa shape index (κ1) is 15.0. The van der Waals surface area contributed by atoms with Gasteiger partial charge in [-0.3, -0.25) is 9.59 Å². The topological polar surface area (TPSA) is 100 Å². The van der Waals surface area contributed by atoms with Crippen molar-refractivity contribution in [2.45, 2.75) is 0 Å². The lowest BCUT2D eigenvalue weighted by Gasteiger charge is -2.34. The number of amides is 2. The van der Waals surface area contributed by atoms with Gasteiger partial charge in [0.25, 0.3) is 5.91 Å². The van der Waals surface area contributed by atoms with Crippen LogP contribution in [0.25, 0.3) is 0 Å². The number of methoxy groups -OCH3 is 1. The van der Waals surface area contributed by atoms with E-state index in [9.17, 15) is 14.4 Å². The van der Waals surface area contributed by atoms with Gasteiger partial charge in [0.1, 0.15) is 6.61 Å². The summed E-state index contributed by atoms with van der Waals surface area (Å²) in [7, 11) is 1.45. The molecule has 21 heavy (non-hydrogen) atoms. The summed E-state index contributed by atoms with van der Waals surface area (Å²) in [5, 5.41) is 8.76. The first-order valence-corrected chi connectivity index (χ1v) is 6.42. The number of carbonyl (C=O) groups excluding carboxylic acids is 2. The minimum absolute atomic E-state index is 0.0101. The molecule has 0 atom stereocenters. The van der Waals surface area contributed by atoms with Gasteiger partial charge in [0, 0.05) is 33.3 Å². The summed E-state index contributed by atoms with van der Waals surface area (Å²) in [6.45, 7) is 1.60. The molecule has 0 spiro atoms. The van der Waals surface area contributed by atoms with E-state index in [1.165, 1.54) is 24.1 Å². The molecule has 0 saturated carbocycles. The van der Waals surface area contributed by atoms with Crippen LogP contribution in [0.5, 0.6) is 0 Å². The van der Waals surface area contributed by atoms with E-state index in [0.29, 0.717) is 26.2 Å². The Hall–Kier alpha value is -2.35. The molecule has 2 heterocycles. The Bertz CT molecular complexity index is 545. The predicted octanol–water partition coefficient (Wildman–Crippen LogP) is -0.0914. The number of rotatable bonds is 4. The lowest BCUT2D eigenvalue weighted by atomic mass is 10.3. The number of carboxylic acids is 1. The van der Waals surface area contributed by atoms with E-state index >= 15 is 0 Å². The zero-order valence-electron chi connectivity index (χ0n) is 11.6. The van der Waals surface area contributed by atoms with Crippen LogP contribution < -0.4 is 0 Å². The summed E-state index contributed by atoms with van der Waals surface area (Å²) >= 11 is 0. The van der Waals surface area contributed by atoms with Crippen LogP contribution in [-0.2, 0) is 9.53 Å². The van der Waals surface area contributed by atoms with Crippen LogP contribution in [0.4, 0.5) is 0 Å². The monoisotopic (exact) mass is 296 g/mol. The van der Waals surface area contributed by atoms with Gasteiger partial charge in [-0.05, 0) is 12.1 Å². The molecule has 2 amide bonds. The van der Waals surface area contributed by atoms with Crippen molar-refractivity contribution < 1.29 is 28.6 Å². The van der Waals surface area contributed by atoms with Gasteiger partial charge in [-0.1, -0.05) is 0 Å². The first-order chi connectivity index (χ1) is 10.0. The quantitative estimate of drug-likeness (QED) is 0.833. The number of ether oxygens (including phenoxy) is 1. The Labute approximate surface area is 120 Å². The highest BCUT2D eigenvalue weighted by molar-refractivity contribution is 5.93. The van der Waals surface area contributed by atoms with Crippen molar-refractivity contribution in [3.63, 3.8) is 0 Å². The minimum atomic E-state index is -1.22. The number of nitrogens with zero attached hydrogens (tertiary/aromatic N) is 2. The van der Waals surface area contributed by atoms with Crippen molar-refractivity contribution in [3.05, 3.63) is 23.7 Å². The normalized spacial score (nSPS) is 15.1. The third-order valence-corrected chi connectivity index (χ3v) is 3.21. The second-order valence-electron chi connectivity index (χ2n) is 4.58. The van der Waals surface area contributed by atoms with Gasteiger partial charge >= 0.3 is 5.97 Å². The molecule has 0 radical (unpaired) electrons. The van der Waals surface area contributed by atoms with Crippen molar-refractivity contribution in [2.24, 2.45) is 0 Å². The van der Waals surface area contributed by atoms with Gasteiger partial charge in [0.15, 0.2) is 5.76 Å². The third kappa shape index (κ3) is 3.40. The molecule has 8 nitrogen and oxygen atoms in total. The second-order valence-corrected chi connectivity index (χ2v) is 4.58. The predicted molar refractivity (Wildman–Crippen MR) is 70.0 cm³/mol. The third-order valence-electron chi connectivity index (χ3n) is 3.21. The van der Waals surface area contributed by atoms with Crippen molar-refractivity contribution in [1.29, 1.82) is 0 Å². The zero-order chi connectivity index (χ0) is 15.4. The molecule has 2 rings (SSSR count). The van der Waals surface area contributed by atoms with E-state index < -0.39 is 5.97 Å². The number of carbonyl (C=O) groups is 3. The Morgan fingerprint density at radius 2 is 1.71 bits per heavy atom. The maximum atomic E-state index is 12.1. The molecule has 0 aromatic carbocycles. The SMILES string of the molecule is COCC(=O)N1CCN(C(=O)c2ccc(C(=O)O)o2)CC1. The van der Waals surface area contributed by atoms with Crippen LogP contribution in [0.15, 0.2) is 16.5 Å². The van der Waals surface area contributed by atoms with Crippen molar-refractivity contribution in [3.8, 4) is 0 Å². The number of aromatic carboxylic acids is 1. The van der Waals surface area contributed by atoms with Crippen LogP contribution in [0.1, 0.15) is 21.1 Å². The summed E-state index contributed by atoms with van der Waals surface area (Å²) in [5.74, 6) is -1.99. The Kier molecular flexibility index (Phi) is 4.59. The molecule has 1 saturated heterocycles. The van der Waals surface area contributed by atoms with E-state index in [2.05, 4.69) is 0 Å². The number of hydrogen-bond donors (Lipinski definition) is 1. The average Bonchev–Trinajstić information content (AvgIpc) is 2.97. The van der Waals surface area contributed by atoms with Gasteiger partial charge < -0.3 is 24.1 Å². The van der Waals surface area contributed by atoms with Crippen molar-refractivity contribution >= 4 is 17.8 Å². The fourth-order valence-corrected chi connectivity index (χ4v) is 2.10. The van der Waals surface area contributed by atoms with Gasteiger partial charge in [-0.15, -0.1) is 0 Å². The molecular formula is C13H16N2O6. The Balaban J connectivity index is 1.93. The van der Waals surface area contributed by atoms with Crippen LogP contribution in [0, 0.1) is 0 Å². The molecule has 0 bridgehead atoms. The summed E-state index contributed by atoms with van der Waals surface area (Å²) in [6, 6.07) is 2.59. The highest BCUT2D eigenvalue weighted by atomic mass is 16.5. The van der Waals surface area contributed by atoms with Crippen LogP contribution in [0.2, 0.25) is 0 Å². The maximum absolute atomic E-state index is 12.1. The molecule has 1 aromatic heterocycles. The molecular weight excluding hydrogens is 280 g/mol. The number of carboxylic acid groups (broad SMARTS) is 1. The fraction of sp³-hybridized carbons (Fsp3) is 0.462. The van der Waals surface area contributed by atoms with Crippen LogP contribution in [0.3, 0.4) is 0 Å². The number of furan rings is 1. The Morgan fingerprint density at radius 1 is 1.14 bits per heavy atom. The van der Waals surface area contributed by atoms with E-state index in [-0.39, 0.29) is 29.9 Å².